The molecule has 0 aromatic carbocycles. The summed E-state index contributed by atoms with van der Waals surface area (Å²) >= 11 is 0. The second-order valence-electron chi connectivity index (χ2n) is 5.73. The van der Waals surface area contributed by atoms with E-state index in [0.29, 0.717) is 6.04 Å². The molecular formula is C15H19N3. The van der Waals surface area contributed by atoms with Crippen LogP contribution in [0.3, 0.4) is 0 Å². The number of nitrogens with zero attached hydrogens (tertiary/aromatic N) is 2. The van der Waals surface area contributed by atoms with E-state index < -0.39 is 0 Å². The first-order valence-corrected chi connectivity index (χ1v) is 6.95. The maximum absolute atomic E-state index is 9.25. The van der Waals surface area contributed by atoms with Gasteiger partial charge in [0.25, 0.3) is 0 Å². The predicted molar refractivity (Wildman–Crippen MR) is 71.4 cm³/mol. The van der Waals surface area contributed by atoms with Crippen molar-refractivity contribution in [1.29, 1.82) is 5.26 Å². The highest BCUT2D eigenvalue weighted by Crippen LogP contribution is 2.31. The van der Waals surface area contributed by atoms with E-state index in [2.05, 4.69) is 18.3 Å². The van der Waals surface area contributed by atoms with Crippen LogP contribution in [0.5, 0.6) is 0 Å². The van der Waals surface area contributed by atoms with Crippen molar-refractivity contribution >= 4 is 5.82 Å². The van der Waals surface area contributed by atoms with Crippen molar-refractivity contribution in [2.45, 2.75) is 51.5 Å². The van der Waals surface area contributed by atoms with Crippen molar-refractivity contribution in [3.8, 4) is 6.07 Å². The number of anilines is 1. The van der Waals surface area contributed by atoms with Crippen LogP contribution in [0, 0.1) is 17.2 Å². The van der Waals surface area contributed by atoms with Gasteiger partial charge in [-0.25, -0.2) is 4.98 Å². The Hall–Kier alpha value is -1.56. The minimum atomic E-state index is 0.515. The van der Waals surface area contributed by atoms with Gasteiger partial charge in [-0.1, -0.05) is 6.92 Å². The Morgan fingerprint density at radius 2 is 2.11 bits per heavy atom. The van der Waals surface area contributed by atoms with Crippen LogP contribution in [0.15, 0.2) is 6.07 Å². The molecule has 0 amide bonds. The summed E-state index contributed by atoms with van der Waals surface area (Å²) in [5.41, 5.74) is 3.20. The third kappa shape index (κ3) is 2.08. The van der Waals surface area contributed by atoms with Gasteiger partial charge in [-0.05, 0) is 56.1 Å². The maximum Gasteiger partial charge on any atom is 0.144 e. The lowest BCUT2D eigenvalue weighted by Gasteiger charge is -2.34. The first-order chi connectivity index (χ1) is 8.76. The van der Waals surface area contributed by atoms with Gasteiger partial charge in [0.1, 0.15) is 11.9 Å². The SMILES string of the molecule is CC1CC(Nc2nc3c(cc2C#N)CCCC3)C1. The summed E-state index contributed by atoms with van der Waals surface area (Å²) < 4.78 is 0. The van der Waals surface area contributed by atoms with Gasteiger partial charge >= 0.3 is 0 Å². The van der Waals surface area contributed by atoms with Crippen molar-refractivity contribution in [2.75, 3.05) is 5.32 Å². The molecular weight excluding hydrogens is 222 g/mol. The van der Waals surface area contributed by atoms with Crippen molar-refractivity contribution in [3.05, 3.63) is 22.9 Å². The highest BCUT2D eigenvalue weighted by Gasteiger charge is 2.26. The fourth-order valence-corrected chi connectivity index (χ4v) is 3.04. The molecule has 1 N–H and O–H groups in total. The minimum absolute atomic E-state index is 0.515. The molecule has 1 heterocycles. The fraction of sp³-hybridized carbons (Fsp3) is 0.600. The van der Waals surface area contributed by atoms with Crippen LogP contribution < -0.4 is 5.32 Å². The van der Waals surface area contributed by atoms with Crippen molar-refractivity contribution in [3.63, 3.8) is 0 Å². The summed E-state index contributed by atoms with van der Waals surface area (Å²) in [7, 11) is 0. The molecule has 1 fully saturated rings. The van der Waals surface area contributed by atoms with Crippen LogP contribution in [0.4, 0.5) is 5.82 Å². The number of nitriles is 1. The lowest BCUT2D eigenvalue weighted by atomic mass is 9.82. The quantitative estimate of drug-likeness (QED) is 0.865. The Kier molecular flexibility index (Phi) is 2.95. The lowest BCUT2D eigenvalue weighted by molar-refractivity contribution is 0.308. The molecule has 0 atom stereocenters. The van der Waals surface area contributed by atoms with E-state index in [1.807, 2.05) is 6.07 Å². The van der Waals surface area contributed by atoms with Crippen LogP contribution >= 0.6 is 0 Å². The van der Waals surface area contributed by atoms with Gasteiger partial charge in [0.15, 0.2) is 0 Å². The molecule has 1 aromatic heterocycles. The van der Waals surface area contributed by atoms with Crippen LogP contribution in [0.25, 0.3) is 0 Å². The zero-order valence-corrected chi connectivity index (χ0v) is 10.9. The monoisotopic (exact) mass is 241 g/mol. The van der Waals surface area contributed by atoms with Crippen molar-refractivity contribution in [2.24, 2.45) is 5.92 Å². The first kappa shape index (κ1) is 11.5. The largest absolute Gasteiger partial charge is 0.366 e. The van der Waals surface area contributed by atoms with E-state index in [0.717, 1.165) is 30.1 Å². The molecule has 0 unspecified atom stereocenters. The molecule has 0 aliphatic heterocycles. The third-order valence-corrected chi connectivity index (χ3v) is 4.14. The number of fused-ring (bicyclic) bond motifs is 1. The summed E-state index contributed by atoms with van der Waals surface area (Å²) in [6, 6.07) is 4.85. The summed E-state index contributed by atoms with van der Waals surface area (Å²) in [5.74, 6) is 1.63. The summed E-state index contributed by atoms with van der Waals surface area (Å²) in [6.07, 6.45) is 7.00. The molecule has 3 heteroatoms. The molecule has 18 heavy (non-hydrogen) atoms. The van der Waals surface area contributed by atoms with E-state index >= 15 is 0 Å². The molecule has 0 saturated heterocycles. The van der Waals surface area contributed by atoms with Gasteiger partial charge in [-0.15, -0.1) is 0 Å². The minimum Gasteiger partial charge on any atom is -0.366 e. The second-order valence-corrected chi connectivity index (χ2v) is 5.73. The Labute approximate surface area is 108 Å². The number of nitrogens with one attached hydrogen (secondary N) is 1. The topological polar surface area (TPSA) is 48.7 Å². The number of hydrogen-bond donors (Lipinski definition) is 1. The number of rotatable bonds is 2. The normalized spacial score (nSPS) is 25.8. The van der Waals surface area contributed by atoms with Crippen molar-refractivity contribution in [1.82, 2.24) is 4.98 Å². The van der Waals surface area contributed by atoms with Gasteiger partial charge < -0.3 is 5.32 Å². The Bertz CT molecular complexity index is 495. The fourth-order valence-electron chi connectivity index (χ4n) is 3.04. The van der Waals surface area contributed by atoms with Gasteiger partial charge in [0, 0.05) is 11.7 Å². The molecule has 3 nitrogen and oxygen atoms in total. The summed E-state index contributed by atoms with van der Waals surface area (Å²) in [6.45, 7) is 2.27. The molecule has 3 rings (SSSR count). The number of pyridine rings is 1. The van der Waals surface area contributed by atoms with Crippen LogP contribution in [-0.4, -0.2) is 11.0 Å². The van der Waals surface area contributed by atoms with Gasteiger partial charge in [-0.3, -0.25) is 0 Å². The highest BCUT2D eigenvalue weighted by atomic mass is 15.0. The lowest BCUT2D eigenvalue weighted by Crippen LogP contribution is -2.34. The Morgan fingerprint density at radius 3 is 2.83 bits per heavy atom. The highest BCUT2D eigenvalue weighted by molar-refractivity contribution is 5.55. The van der Waals surface area contributed by atoms with Crippen LogP contribution in [-0.2, 0) is 12.8 Å². The molecule has 1 saturated carbocycles. The Balaban J connectivity index is 1.85. The van der Waals surface area contributed by atoms with E-state index in [1.165, 1.54) is 36.9 Å². The molecule has 94 valence electrons. The molecule has 2 aliphatic rings. The number of aromatic nitrogens is 1. The van der Waals surface area contributed by atoms with E-state index in [4.69, 9.17) is 4.98 Å². The molecule has 2 aliphatic carbocycles. The standard InChI is InChI=1S/C15H19N3/c1-10-6-13(7-10)17-15-12(9-16)8-11-4-2-3-5-14(11)18-15/h8,10,13H,2-7H2,1H3,(H,17,18). The molecule has 0 bridgehead atoms. The maximum atomic E-state index is 9.25. The summed E-state index contributed by atoms with van der Waals surface area (Å²) in [4.78, 5) is 4.70. The van der Waals surface area contributed by atoms with Gasteiger partial charge in [-0.2, -0.15) is 5.26 Å². The summed E-state index contributed by atoms with van der Waals surface area (Å²) in [5, 5.41) is 12.7. The number of hydrogen-bond acceptors (Lipinski definition) is 3. The van der Waals surface area contributed by atoms with Gasteiger partial charge in [0.05, 0.1) is 5.56 Å². The second kappa shape index (κ2) is 4.61. The zero-order chi connectivity index (χ0) is 12.5. The average molecular weight is 241 g/mol. The van der Waals surface area contributed by atoms with E-state index in [1.54, 1.807) is 0 Å². The first-order valence-electron chi connectivity index (χ1n) is 6.95. The zero-order valence-electron chi connectivity index (χ0n) is 10.9. The molecule has 0 spiro atoms. The average Bonchev–Trinajstić information content (AvgIpc) is 2.36. The van der Waals surface area contributed by atoms with Gasteiger partial charge in [0.2, 0.25) is 0 Å². The van der Waals surface area contributed by atoms with Crippen LogP contribution in [0.1, 0.15) is 49.4 Å². The van der Waals surface area contributed by atoms with E-state index in [-0.39, 0.29) is 0 Å². The smallest absolute Gasteiger partial charge is 0.144 e. The molecule has 1 aromatic rings. The number of aryl methyl sites for hydroxylation is 2. The van der Waals surface area contributed by atoms with Crippen molar-refractivity contribution < 1.29 is 0 Å². The Morgan fingerprint density at radius 1 is 1.33 bits per heavy atom. The molecule has 0 radical (unpaired) electrons. The van der Waals surface area contributed by atoms with Crippen LogP contribution in [0.2, 0.25) is 0 Å². The van der Waals surface area contributed by atoms with E-state index in [9.17, 15) is 5.26 Å². The third-order valence-electron chi connectivity index (χ3n) is 4.14. The predicted octanol–water partition coefficient (Wildman–Crippen LogP) is 3.04.